The van der Waals surface area contributed by atoms with Crippen LogP contribution in [-0.2, 0) is 11.2 Å². The Morgan fingerprint density at radius 2 is 2.06 bits per heavy atom. The molecule has 92 valence electrons. The number of methoxy groups -OCH3 is 2. The molecule has 17 heavy (non-hydrogen) atoms. The van der Waals surface area contributed by atoms with E-state index in [1.54, 1.807) is 14.2 Å². The van der Waals surface area contributed by atoms with Gasteiger partial charge in [-0.05, 0) is 30.5 Å². The van der Waals surface area contributed by atoms with E-state index in [0.717, 1.165) is 29.9 Å². The number of carbonyl (C=O) groups is 1. The molecule has 0 spiro atoms. The Bertz CT molecular complexity index is 417. The van der Waals surface area contributed by atoms with Crippen LogP contribution in [-0.4, -0.2) is 26.2 Å². The molecule has 2 rings (SSSR count). The predicted octanol–water partition coefficient (Wildman–Crippen LogP) is 1.52. The normalized spacial score (nSPS) is 18.9. The Labute approximate surface area is 101 Å². The van der Waals surface area contributed by atoms with Gasteiger partial charge in [0.25, 0.3) is 0 Å². The summed E-state index contributed by atoms with van der Waals surface area (Å²) < 4.78 is 10.4. The topological polar surface area (TPSA) is 47.6 Å². The van der Waals surface area contributed by atoms with Crippen LogP contribution in [0.3, 0.4) is 0 Å². The molecule has 0 bridgehead atoms. The molecular formula is C13H17NO3. The average molecular weight is 235 g/mol. The minimum atomic E-state index is 0.149. The van der Waals surface area contributed by atoms with Gasteiger partial charge in [-0.2, -0.15) is 0 Å². The Morgan fingerprint density at radius 1 is 1.29 bits per heavy atom. The number of carbonyl (C=O) groups excluding carboxylic acids is 1. The molecule has 1 heterocycles. The van der Waals surface area contributed by atoms with Gasteiger partial charge in [-0.15, -0.1) is 0 Å². The van der Waals surface area contributed by atoms with Crippen molar-refractivity contribution in [2.24, 2.45) is 0 Å². The van der Waals surface area contributed by atoms with Crippen LogP contribution in [0.2, 0.25) is 0 Å². The zero-order valence-corrected chi connectivity index (χ0v) is 10.2. The van der Waals surface area contributed by atoms with E-state index in [0.29, 0.717) is 6.42 Å². The molecule has 4 heteroatoms. The second-order valence-electron chi connectivity index (χ2n) is 4.20. The number of nitrogens with one attached hydrogen (secondary N) is 1. The lowest BCUT2D eigenvalue weighted by atomic mass is 10.0. The quantitative estimate of drug-likeness (QED) is 0.860. The number of rotatable bonds is 4. The van der Waals surface area contributed by atoms with Crippen molar-refractivity contribution >= 4 is 5.91 Å². The molecule has 1 saturated heterocycles. The van der Waals surface area contributed by atoms with Gasteiger partial charge in [0, 0.05) is 12.5 Å². The van der Waals surface area contributed by atoms with Gasteiger partial charge in [0.05, 0.1) is 14.2 Å². The van der Waals surface area contributed by atoms with Crippen LogP contribution in [0.25, 0.3) is 0 Å². The Morgan fingerprint density at radius 3 is 2.65 bits per heavy atom. The summed E-state index contributed by atoms with van der Waals surface area (Å²) in [6.45, 7) is 0. The van der Waals surface area contributed by atoms with E-state index in [9.17, 15) is 4.79 Å². The van der Waals surface area contributed by atoms with Gasteiger partial charge in [0.1, 0.15) is 0 Å². The van der Waals surface area contributed by atoms with Crippen LogP contribution in [0, 0.1) is 0 Å². The molecule has 1 aromatic rings. The minimum absolute atomic E-state index is 0.149. The molecule has 1 unspecified atom stereocenters. The standard InChI is InChI=1S/C13H17NO3/c1-16-11-5-3-9(8-12(11)17-2)7-10-4-6-13(15)14-10/h3,5,8,10H,4,6-7H2,1-2H3,(H,14,15). The second kappa shape index (κ2) is 5.08. The lowest BCUT2D eigenvalue weighted by molar-refractivity contribution is -0.119. The van der Waals surface area contributed by atoms with Crippen molar-refractivity contribution in [1.82, 2.24) is 5.32 Å². The third-order valence-corrected chi connectivity index (χ3v) is 3.02. The molecule has 1 aliphatic rings. The summed E-state index contributed by atoms with van der Waals surface area (Å²) in [6.07, 6.45) is 2.39. The van der Waals surface area contributed by atoms with Crippen molar-refractivity contribution in [2.45, 2.75) is 25.3 Å². The lowest BCUT2D eigenvalue weighted by Crippen LogP contribution is -2.27. The van der Waals surface area contributed by atoms with Crippen LogP contribution in [0.5, 0.6) is 11.5 Å². The van der Waals surface area contributed by atoms with Gasteiger partial charge in [0.15, 0.2) is 11.5 Å². The van der Waals surface area contributed by atoms with Crippen molar-refractivity contribution in [3.05, 3.63) is 23.8 Å². The molecule has 1 atom stereocenters. The fraction of sp³-hybridized carbons (Fsp3) is 0.462. The number of hydrogen-bond acceptors (Lipinski definition) is 3. The highest BCUT2D eigenvalue weighted by atomic mass is 16.5. The zero-order chi connectivity index (χ0) is 12.3. The molecule has 1 fully saturated rings. The van der Waals surface area contributed by atoms with Crippen LogP contribution in [0.15, 0.2) is 18.2 Å². The maximum atomic E-state index is 11.1. The second-order valence-corrected chi connectivity index (χ2v) is 4.20. The number of ether oxygens (including phenoxy) is 2. The molecule has 1 aromatic carbocycles. The highest BCUT2D eigenvalue weighted by molar-refractivity contribution is 5.78. The summed E-state index contributed by atoms with van der Waals surface area (Å²) in [5.41, 5.74) is 1.15. The number of benzene rings is 1. The summed E-state index contributed by atoms with van der Waals surface area (Å²) in [6, 6.07) is 6.11. The summed E-state index contributed by atoms with van der Waals surface area (Å²) >= 11 is 0. The fourth-order valence-corrected chi connectivity index (χ4v) is 2.12. The Hall–Kier alpha value is -1.71. The van der Waals surface area contributed by atoms with Crippen LogP contribution < -0.4 is 14.8 Å². The first kappa shape index (κ1) is 11.8. The van der Waals surface area contributed by atoms with Crippen LogP contribution in [0.4, 0.5) is 0 Å². The van der Waals surface area contributed by atoms with Gasteiger partial charge in [-0.3, -0.25) is 4.79 Å². The highest BCUT2D eigenvalue weighted by Crippen LogP contribution is 2.28. The van der Waals surface area contributed by atoms with E-state index < -0.39 is 0 Å². The molecule has 4 nitrogen and oxygen atoms in total. The van der Waals surface area contributed by atoms with Crippen molar-refractivity contribution < 1.29 is 14.3 Å². The molecule has 1 N–H and O–H groups in total. The van der Waals surface area contributed by atoms with Crippen molar-refractivity contribution in [1.29, 1.82) is 0 Å². The van der Waals surface area contributed by atoms with Gasteiger partial charge in [0.2, 0.25) is 5.91 Å². The SMILES string of the molecule is COc1ccc(CC2CCC(=O)N2)cc1OC. The highest BCUT2D eigenvalue weighted by Gasteiger charge is 2.21. The van der Waals surface area contributed by atoms with Crippen molar-refractivity contribution in [3.63, 3.8) is 0 Å². The molecule has 0 saturated carbocycles. The fourth-order valence-electron chi connectivity index (χ4n) is 2.12. The third kappa shape index (κ3) is 2.70. The van der Waals surface area contributed by atoms with Gasteiger partial charge >= 0.3 is 0 Å². The first-order valence-electron chi connectivity index (χ1n) is 5.73. The van der Waals surface area contributed by atoms with Crippen LogP contribution in [0.1, 0.15) is 18.4 Å². The summed E-state index contributed by atoms with van der Waals surface area (Å²) in [7, 11) is 3.24. The molecule has 1 aliphatic heterocycles. The monoisotopic (exact) mass is 235 g/mol. The van der Waals surface area contributed by atoms with Gasteiger partial charge in [-0.1, -0.05) is 6.07 Å². The average Bonchev–Trinajstić information content (AvgIpc) is 2.74. The molecule has 1 amide bonds. The minimum Gasteiger partial charge on any atom is -0.493 e. The van der Waals surface area contributed by atoms with E-state index >= 15 is 0 Å². The van der Waals surface area contributed by atoms with E-state index in [1.165, 1.54) is 0 Å². The molecule has 0 aliphatic carbocycles. The van der Waals surface area contributed by atoms with E-state index in [-0.39, 0.29) is 11.9 Å². The number of hydrogen-bond donors (Lipinski definition) is 1. The molecule has 0 aromatic heterocycles. The van der Waals surface area contributed by atoms with Crippen molar-refractivity contribution in [3.8, 4) is 11.5 Å². The largest absolute Gasteiger partial charge is 0.493 e. The maximum Gasteiger partial charge on any atom is 0.220 e. The smallest absolute Gasteiger partial charge is 0.220 e. The zero-order valence-electron chi connectivity index (χ0n) is 10.2. The van der Waals surface area contributed by atoms with Crippen molar-refractivity contribution in [2.75, 3.05) is 14.2 Å². The van der Waals surface area contributed by atoms with Gasteiger partial charge < -0.3 is 14.8 Å². The van der Waals surface area contributed by atoms with E-state index in [1.807, 2.05) is 18.2 Å². The summed E-state index contributed by atoms with van der Waals surface area (Å²) in [4.78, 5) is 11.1. The summed E-state index contributed by atoms with van der Waals surface area (Å²) in [5, 5.41) is 2.96. The third-order valence-electron chi connectivity index (χ3n) is 3.02. The first-order valence-corrected chi connectivity index (χ1v) is 5.73. The Balaban J connectivity index is 2.08. The Kier molecular flexibility index (Phi) is 3.52. The van der Waals surface area contributed by atoms with E-state index in [2.05, 4.69) is 5.32 Å². The molecule has 0 radical (unpaired) electrons. The molecular weight excluding hydrogens is 218 g/mol. The first-order chi connectivity index (χ1) is 8.22. The van der Waals surface area contributed by atoms with Crippen LogP contribution >= 0.6 is 0 Å². The predicted molar refractivity (Wildman–Crippen MR) is 64.4 cm³/mol. The lowest BCUT2D eigenvalue weighted by Gasteiger charge is -2.12. The van der Waals surface area contributed by atoms with E-state index in [4.69, 9.17) is 9.47 Å². The number of amides is 1. The van der Waals surface area contributed by atoms with Gasteiger partial charge in [-0.25, -0.2) is 0 Å². The summed E-state index contributed by atoms with van der Waals surface area (Å²) in [5.74, 6) is 1.61. The maximum absolute atomic E-state index is 11.1.